The standard InChI is InChI=1S/C28H32N6O3S/c1-19-22-6-4-5-7-23(22)38-24(19)17-32(3)25(35)9-8-20-14-21-16-34(28(37)30-27(21)29-15-20)18-26(36)33-12-10-31(2)11-13-33/h4-9,14-15H,10-13,16-18H2,1-3H3,(H,29,30,37). The van der Waals surface area contributed by atoms with Crippen molar-refractivity contribution in [3.63, 3.8) is 0 Å². The maximum atomic E-state index is 12.8. The van der Waals surface area contributed by atoms with Crippen molar-refractivity contribution in [1.29, 1.82) is 0 Å². The van der Waals surface area contributed by atoms with Gasteiger partial charge in [-0.3, -0.25) is 14.9 Å². The summed E-state index contributed by atoms with van der Waals surface area (Å²) in [6.45, 7) is 5.95. The first kappa shape index (κ1) is 25.9. The van der Waals surface area contributed by atoms with E-state index in [-0.39, 0.29) is 30.9 Å². The molecule has 9 nitrogen and oxygen atoms in total. The first-order valence-corrected chi connectivity index (χ1v) is 13.5. The molecule has 0 atom stereocenters. The van der Waals surface area contributed by atoms with E-state index in [1.165, 1.54) is 25.4 Å². The lowest BCUT2D eigenvalue weighted by molar-refractivity contribution is -0.133. The van der Waals surface area contributed by atoms with Crippen molar-refractivity contribution < 1.29 is 14.4 Å². The van der Waals surface area contributed by atoms with Crippen molar-refractivity contribution in [2.75, 3.05) is 52.1 Å². The van der Waals surface area contributed by atoms with Crippen LogP contribution in [0.3, 0.4) is 0 Å². The number of carbonyl (C=O) groups is 3. The molecule has 38 heavy (non-hydrogen) atoms. The second-order valence-electron chi connectivity index (χ2n) is 9.92. The highest BCUT2D eigenvalue weighted by Crippen LogP contribution is 2.31. The third kappa shape index (κ3) is 5.56. The first-order chi connectivity index (χ1) is 18.3. The van der Waals surface area contributed by atoms with Crippen LogP contribution in [0.15, 0.2) is 42.6 Å². The van der Waals surface area contributed by atoms with E-state index >= 15 is 0 Å². The minimum absolute atomic E-state index is 0.0233. The fourth-order valence-corrected chi connectivity index (χ4v) is 5.99. The Morgan fingerprint density at radius 3 is 2.71 bits per heavy atom. The van der Waals surface area contributed by atoms with Crippen LogP contribution in [0.4, 0.5) is 10.6 Å². The number of nitrogens with zero attached hydrogens (tertiary/aromatic N) is 5. The quantitative estimate of drug-likeness (QED) is 0.492. The van der Waals surface area contributed by atoms with Crippen LogP contribution in [-0.2, 0) is 22.7 Å². The van der Waals surface area contributed by atoms with Gasteiger partial charge in [-0.25, -0.2) is 9.78 Å². The van der Waals surface area contributed by atoms with Crippen molar-refractivity contribution >= 4 is 51.2 Å². The number of nitrogens with one attached hydrogen (secondary N) is 1. The predicted octanol–water partition coefficient (Wildman–Crippen LogP) is 3.40. The topological polar surface area (TPSA) is 89.1 Å². The maximum absolute atomic E-state index is 12.8. The summed E-state index contributed by atoms with van der Waals surface area (Å²) < 4.78 is 1.22. The van der Waals surface area contributed by atoms with Gasteiger partial charge in [0.25, 0.3) is 0 Å². The number of hydrogen-bond acceptors (Lipinski definition) is 6. The Bertz CT molecular complexity index is 1410. The molecule has 2 aliphatic heterocycles. The zero-order valence-corrected chi connectivity index (χ0v) is 22.8. The highest BCUT2D eigenvalue weighted by molar-refractivity contribution is 7.19. The molecule has 0 unspecified atom stereocenters. The maximum Gasteiger partial charge on any atom is 0.323 e. The molecule has 198 valence electrons. The number of aromatic nitrogens is 1. The van der Waals surface area contributed by atoms with Gasteiger partial charge in [0.15, 0.2) is 0 Å². The summed E-state index contributed by atoms with van der Waals surface area (Å²) in [6, 6.07) is 9.85. The number of benzene rings is 1. The number of hydrogen-bond donors (Lipinski definition) is 1. The Morgan fingerprint density at radius 2 is 1.95 bits per heavy atom. The van der Waals surface area contributed by atoms with Crippen LogP contribution in [-0.4, -0.2) is 89.2 Å². The van der Waals surface area contributed by atoms with Crippen LogP contribution in [0.25, 0.3) is 16.2 Å². The van der Waals surface area contributed by atoms with E-state index in [9.17, 15) is 14.4 Å². The molecule has 5 rings (SSSR count). The van der Waals surface area contributed by atoms with E-state index in [0.717, 1.165) is 24.2 Å². The number of urea groups is 1. The Hall–Kier alpha value is -3.76. The molecule has 0 saturated carbocycles. The van der Waals surface area contributed by atoms with Gasteiger partial charge in [-0.05, 0) is 48.7 Å². The molecule has 0 aliphatic carbocycles. The second-order valence-corrected chi connectivity index (χ2v) is 11.1. The van der Waals surface area contributed by atoms with Gasteiger partial charge in [0.05, 0.1) is 13.1 Å². The van der Waals surface area contributed by atoms with E-state index in [1.54, 1.807) is 41.6 Å². The summed E-state index contributed by atoms with van der Waals surface area (Å²) in [6.07, 6.45) is 4.91. The van der Waals surface area contributed by atoms with E-state index in [1.807, 2.05) is 30.1 Å². The van der Waals surface area contributed by atoms with Gasteiger partial charge in [-0.15, -0.1) is 11.3 Å². The monoisotopic (exact) mass is 532 g/mol. The van der Waals surface area contributed by atoms with Crippen LogP contribution in [0, 0.1) is 6.92 Å². The number of anilines is 1. The van der Waals surface area contributed by atoms with E-state index in [2.05, 4.69) is 34.3 Å². The number of fused-ring (bicyclic) bond motifs is 2. The number of piperazine rings is 1. The summed E-state index contributed by atoms with van der Waals surface area (Å²) >= 11 is 1.72. The minimum atomic E-state index is -0.330. The van der Waals surface area contributed by atoms with Gasteiger partial charge in [0, 0.05) is 60.6 Å². The third-order valence-corrected chi connectivity index (χ3v) is 8.42. The van der Waals surface area contributed by atoms with Crippen LogP contribution in [0.2, 0.25) is 0 Å². The van der Waals surface area contributed by atoms with Gasteiger partial charge < -0.3 is 19.6 Å². The highest BCUT2D eigenvalue weighted by Gasteiger charge is 2.28. The molecule has 1 saturated heterocycles. The predicted molar refractivity (Wildman–Crippen MR) is 150 cm³/mol. The van der Waals surface area contributed by atoms with Crippen LogP contribution < -0.4 is 5.32 Å². The van der Waals surface area contributed by atoms with Crippen LogP contribution in [0.1, 0.15) is 21.6 Å². The number of aryl methyl sites for hydroxylation is 1. The van der Waals surface area contributed by atoms with Crippen molar-refractivity contribution in [3.05, 3.63) is 64.2 Å². The molecule has 1 aromatic carbocycles. The average Bonchev–Trinajstić information content (AvgIpc) is 3.23. The van der Waals surface area contributed by atoms with E-state index in [4.69, 9.17) is 0 Å². The van der Waals surface area contributed by atoms with E-state index < -0.39 is 0 Å². The average molecular weight is 533 g/mol. The largest absolute Gasteiger partial charge is 0.339 e. The van der Waals surface area contributed by atoms with Crippen molar-refractivity contribution in [2.24, 2.45) is 0 Å². The SMILES string of the molecule is Cc1c(CN(C)C(=O)C=Cc2cnc3c(c2)CN(CC(=O)N2CCN(C)CC2)C(=O)N3)sc2ccccc12. The zero-order valence-electron chi connectivity index (χ0n) is 21.9. The third-order valence-electron chi connectivity index (χ3n) is 7.16. The van der Waals surface area contributed by atoms with E-state index in [0.29, 0.717) is 25.5 Å². The molecular weight excluding hydrogens is 500 g/mol. The van der Waals surface area contributed by atoms with Crippen molar-refractivity contribution in [3.8, 4) is 0 Å². The van der Waals surface area contributed by atoms with Crippen molar-refractivity contribution in [1.82, 2.24) is 24.6 Å². The lowest BCUT2D eigenvalue weighted by atomic mass is 10.1. The lowest BCUT2D eigenvalue weighted by Crippen LogP contribution is -2.51. The number of pyridine rings is 1. The first-order valence-electron chi connectivity index (χ1n) is 12.7. The lowest BCUT2D eigenvalue weighted by Gasteiger charge is -2.35. The van der Waals surface area contributed by atoms with Gasteiger partial charge in [0.2, 0.25) is 11.8 Å². The molecule has 10 heteroatoms. The summed E-state index contributed by atoms with van der Waals surface area (Å²) in [5, 5.41) is 4.01. The molecule has 0 radical (unpaired) electrons. The molecule has 1 N–H and O–H groups in total. The molecule has 4 amide bonds. The molecule has 2 aromatic heterocycles. The smallest absolute Gasteiger partial charge is 0.323 e. The molecular formula is C28H32N6O3S. The zero-order chi connectivity index (χ0) is 26.8. The molecule has 4 heterocycles. The summed E-state index contributed by atoms with van der Waals surface area (Å²) in [7, 11) is 3.83. The number of thiophene rings is 1. The molecule has 2 aliphatic rings. The number of rotatable bonds is 6. The van der Waals surface area contributed by atoms with Crippen molar-refractivity contribution in [2.45, 2.75) is 20.0 Å². The fourth-order valence-electron chi connectivity index (χ4n) is 4.72. The molecule has 0 spiro atoms. The molecule has 3 aromatic rings. The Balaban J connectivity index is 1.21. The van der Waals surface area contributed by atoms with Gasteiger partial charge in [0.1, 0.15) is 12.4 Å². The number of carbonyl (C=O) groups excluding carboxylic acids is 3. The molecule has 1 fully saturated rings. The number of amides is 4. The Morgan fingerprint density at radius 1 is 1.18 bits per heavy atom. The normalized spacial score (nSPS) is 16.1. The van der Waals surface area contributed by atoms with Gasteiger partial charge >= 0.3 is 6.03 Å². The second kappa shape index (κ2) is 10.9. The van der Waals surface area contributed by atoms with Crippen LogP contribution in [0.5, 0.6) is 0 Å². The van der Waals surface area contributed by atoms with Gasteiger partial charge in [-0.1, -0.05) is 18.2 Å². The summed E-state index contributed by atoms with van der Waals surface area (Å²) in [5.74, 6) is 0.328. The Kier molecular flexibility index (Phi) is 7.44. The minimum Gasteiger partial charge on any atom is -0.339 e. The molecule has 0 bridgehead atoms. The number of likely N-dealkylation sites (N-methyl/N-ethyl adjacent to an activating group) is 2. The highest BCUT2D eigenvalue weighted by atomic mass is 32.1. The van der Waals surface area contributed by atoms with Gasteiger partial charge in [-0.2, -0.15) is 0 Å². The fraction of sp³-hybridized carbons (Fsp3) is 0.357. The summed E-state index contributed by atoms with van der Waals surface area (Å²) in [5.41, 5.74) is 2.77. The Labute approximate surface area is 226 Å². The summed E-state index contributed by atoms with van der Waals surface area (Å²) in [4.78, 5) is 50.9. The van der Waals surface area contributed by atoms with Crippen LogP contribution >= 0.6 is 11.3 Å².